The topological polar surface area (TPSA) is 121 Å². The zero-order chi connectivity index (χ0) is 21.7. The van der Waals surface area contributed by atoms with E-state index in [0.29, 0.717) is 48.7 Å². The number of hydrogen-bond donors (Lipinski definition) is 3. The fraction of sp³-hybridized carbons (Fsp3) is 0.500. The molecule has 0 saturated carbocycles. The molecule has 3 atom stereocenters. The maximum Gasteiger partial charge on any atom is 0.255 e. The molecule has 2 aromatic rings. The standard InChI is InChI=1S/C20H28N6O4/c1-5-17(27)26-7-6-14(15(10-26)30-4)24-16-9-22-19-18(25-16)13(8-21-19)20(28)23-12(2)11-29-3/h5,8-9,12,14-15H,1,6-7,10-11H2,2-4H3,(H,21,22)(H,23,28)(H,24,25)/t12-,14-,15+/m0/s1. The summed E-state index contributed by atoms with van der Waals surface area (Å²) >= 11 is 0. The predicted molar refractivity (Wildman–Crippen MR) is 112 cm³/mol. The normalized spacial score (nSPS) is 20.0. The van der Waals surface area contributed by atoms with Gasteiger partial charge in [-0.3, -0.25) is 9.59 Å². The second-order valence-corrected chi connectivity index (χ2v) is 7.29. The summed E-state index contributed by atoms with van der Waals surface area (Å²) in [7, 11) is 3.20. The molecule has 0 spiro atoms. The predicted octanol–water partition coefficient (Wildman–Crippen LogP) is 0.936. The number of rotatable bonds is 8. The molecule has 3 N–H and O–H groups in total. The van der Waals surface area contributed by atoms with E-state index in [9.17, 15) is 9.59 Å². The van der Waals surface area contributed by atoms with Crippen LogP contribution < -0.4 is 10.6 Å². The number of aromatic nitrogens is 3. The van der Waals surface area contributed by atoms with E-state index in [1.165, 1.54) is 6.08 Å². The van der Waals surface area contributed by atoms with Crippen LogP contribution in [0.25, 0.3) is 11.2 Å². The first-order chi connectivity index (χ1) is 14.5. The minimum Gasteiger partial charge on any atom is -0.383 e. The molecule has 0 unspecified atom stereocenters. The number of piperidine rings is 1. The molecule has 1 aliphatic heterocycles. The first kappa shape index (κ1) is 21.7. The molecule has 0 aliphatic carbocycles. The molecule has 0 aromatic carbocycles. The second-order valence-electron chi connectivity index (χ2n) is 7.29. The van der Waals surface area contributed by atoms with Crippen LogP contribution in [0.1, 0.15) is 23.7 Å². The van der Waals surface area contributed by atoms with Crippen LogP contribution in [0, 0.1) is 0 Å². The van der Waals surface area contributed by atoms with Crippen LogP contribution in [0.5, 0.6) is 0 Å². The number of anilines is 1. The molecule has 1 saturated heterocycles. The summed E-state index contributed by atoms with van der Waals surface area (Å²) in [6.07, 6.45) is 5.01. The van der Waals surface area contributed by atoms with E-state index in [2.05, 4.69) is 32.2 Å². The highest BCUT2D eigenvalue weighted by Gasteiger charge is 2.31. The highest BCUT2D eigenvalue weighted by atomic mass is 16.5. The van der Waals surface area contributed by atoms with Gasteiger partial charge in [-0.1, -0.05) is 6.58 Å². The van der Waals surface area contributed by atoms with E-state index in [-0.39, 0.29) is 30.0 Å². The molecule has 0 radical (unpaired) electrons. The highest BCUT2D eigenvalue weighted by molar-refractivity contribution is 6.04. The van der Waals surface area contributed by atoms with E-state index in [4.69, 9.17) is 9.47 Å². The number of nitrogens with zero attached hydrogens (tertiary/aromatic N) is 3. The van der Waals surface area contributed by atoms with Crippen molar-refractivity contribution in [2.45, 2.75) is 31.5 Å². The van der Waals surface area contributed by atoms with Gasteiger partial charge in [-0.05, 0) is 19.4 Å². The van der Waals surface area contributed by atoms with Gasteiger partial charge in [0.05, 0.1) is 30.5 Å². The lowest BCUT2D eigenvalue weighted by atomic mass is 10.0. The summed E-state index contributed by atoms with van der Waals surface area (Å²) in [6.45, 7) is 6.87. The number of ether oxygens (including phenoxy) is 2. The molecule has 1 fully saturated rings. The van der Waals surface area contributed by atoms with Crippen molar-refractivity contribution in [1.29, 1.82) is 0 Å². The van der Waals surface area contributed by atoms with E-state index < -0.39 is 0 Å². The maximum atomic E-state index is 12.6. The van der Waals surface area contributed by atoms with Crippen LogP contribution in [0.3, 0.4) is 0 Å². The first-order valence-electron chi connectivity index (χ1n) is 9.81. The average Bonchev–Trinajstić information content (AvgIpc) is 3.17. The average molecular weight is 416 g/mol. The van der Waals surface area contributed by atoms with Gasteiger partial charge >= 0.3 is 0 Å². The Morgan fingerprint density at radius 3 is 2.97 bits per heavy atom. The number of hydrogen-bond acceptors (Lipinski definition) is 7. The fourth-order valence-electron chi connectivity index (χ4n) is 3.57. The van der Waals surface area contributed by atoms with Crippen molar-refractivity contribution < 1.29 is 19.1 Å². The van der Waals surface area contributed by atoms with Gasteiger partial charge in [-0.15, -0.1) is 0 Å². The number of carbonyl (C=O) groups is 2. The zero-order valence-corrected chi connectivity index (χ0v) is 17.5. The number of nitrogens with one attached hydrogen (secondary N) is 3. The number of H-pyrrole nitrogens is 1. The zero-order valence-electron chi connectivity index (χ0n) is 17.5. The van der Waals surface area contributed by atoms with Gasteiger partial charge in [-0.25, -0.2) is 9.97 Å². The lowest BCUT2D eigenvalue weighted by Gasteiger charge is -2.37. The fourth-order valence-corrected chi connectivity index (χ4v) is 3.57. The molecule has 30 heavy (non-hydrogen) atoms. The molecule has 10 heteroatoms. The third-order valence-corrected chi connectivity index (χ3v) is 5.10. The summed E-state index contributed by atoms with van der Waals surface area (Å²) in [5.74, 6) is 0.183. The Kier molecular flexibility index (Phi) is 7.01. The summed E-state index contributed by atoms with van der Waals surface area (Å²) in [5.41, 5.74) is 1.42. The smallest absolute Gasteiger partial charge is 0.255 e. The summed E-state index contributed by atoms with van der Waals surface area (Å²) < 4.78 is 10.6. The van der Waals surface area contributed by atoms with Gasteiger partial charge in [-0.2, -0.15) is 0 Å². The molecular formula is C20H28N6O4. The molecule has 162 valence electrons. The molecule has 2 aromatic heterocycles. The van der Waals surface area contributed by atoms with Crippen molar-refractivity contribution in [3.8, 4) is 0 Å². The third-order valence-electron chi connectivity index (χ3n) is 5.10. The largest absolute Gasteiger partial charge is 0.383 e. The Hall–Kier alpha value is -2.98. The van der Waals surface area contributed by atoms with Crippen molar-refractivity contribution in [3.05, 3.63) is 30.6 Å². The number of carbonyl (C=O) groups excluding carboxylic acids is 2. The second kappa shape index (κ2) is 9.68. The van der Waals surface area contributed by atoms with E-state index in [0.717, 1.165) is 0 Å². The molecule has 2 amide bonds. The summed E-state index contributed by atoms with van der Waals surface area (Å²) in [5, 5.41) is 6.22. The van der Waals surface area contributed by atoms with Gasteiger partial charge in [0.15, 0.2) is 5.65 Å². The van der Waals surface area contributed by atoms with Crippen molar-refractivity contribution in [2.24, 2.45) is 0 Å². The number of fused-ring (bicyclic) bond motifs is 1. The van der Waals surface area contributed by atoms with Gasteiger partial charge < -0.3 is 30.0 Å². The van der Waals surface area contributed by atoms with Crippen molar-refractivity contribution in [3.63, 3.8) is 0 Å². The van der Waals surface area contributed by atoms with Gasteiger partial charge in [0.25, 0.3) is 5.91 Å². The van der Waals surface area contributed by atoms with Crippen LogP contribution in [-0.2, 0) is 14.3 Å². The van der Waals surface area contributed by atoms with Gasteiger partial charge in [0.2, 0.25) is 5.91 Å². The molecule has 10 nitrogen and oxygen atoms in total. The lowest BCUT2D eigenvalue weighted by molar-refractivity contribution is -0.129. The van der Waals surface area contributed by atoms with Crippen molar-refractivity contribution in [2.75, 3.05) is 39.2 Å². The minimum atomic E-state index is -0.247. The molecule has 0 bridgehead atoms. The Morgan fingerprint density at radius 1 is 1.47 bits per heavy atom. The van der Waals surface area contributed by atoms with Gasteiger partial charge in [0.1, 0.15) is 11.3 Å². The summed E-state index contributed by atoms with van der Waals surface area (Å²) in [6, 6.07) is -0.179. The van der Waals surface area contributed by atoms with E-state index in [1.807, 2.05) is 6.92 Å². The third kappa shape index (κ3) is 4.77. The molecule has 3 rings (SSSR count). The molecular weight excluding hydrogens is 388 g/mol. The Bertz CT molecular complexity index is 914. The Balaban J connectivity index is 1.74. The van der Waals surface area contributed by atoms with Crippen LogP contribution in [0.4, 0.5) is 5.82 Å². The Morgan fingerprint density at radius 2 is 2.27 bits per heavy atom. The van der Waals surface area contributed by atoms with E-state index in [1.54, 1.807) is 31.5 Å². The van der Waals surface area contributed by atoms with Gasteiger partial charge in [0, 0.05) is 39.5 Å². The van der Waals surface area contributed by atoms with E-state index >= 15 is 0 Å². The quantitative estimate of drug-likeness (QED) is 0.548. The SMILES string of the molecule is C=CC(=O)N1CC[C@H](Nc2cnc3[nH]cc(C(=O)N[C@@H](C)COC)c3n2)[C@H](OC)C1. The maximum absolute atomic E-state index is 12.6. The molecule has 3 heterocycles. The Labute approximate surface area is 175 Å². The van der Waals surface area contributed by atoms with Crippen LogP contribution >= 0.6 is 0 Å². The lowest BCUT2D eigenvalue weighted by Crippen LogP contribution is -2.52. The number of aromatic amines is 1. The highest BCUT2D eigenvalue weighted by Crippen LogP contribution is 2.21. The molecule has 1 aliphatic rings. The van der Waals surface area contributed by atoms with Crippen molar-refractivity contribution >= 4 is 28.8 Å². The van der Waals surface area contributed by atoms with Crippen LogP contribution in [0.2, 0.25) is 0 Å². The monoisotopic (exact) mass is 416 g/mol. The van der Waals surface area contributed by atoms with Crippen LogP contribution in [-0.4, -0.2) is 83.8 Å². The van der Waals surface area contributed by atoms with Crippen LogP contribution in [0.15, 0.2) is 25.0 Å². The minimum absolute atomic E-state index is 0.0476. The number of amides is 2. The van der Waals surface area contributed by atoms with Crippen molar-refractivity contribution in [1.82, 2.24) is 25.2 Å². The number of methoxy groups -OCH3 is 2. The first-order valence-corrected chi connectivity index (χ1v) is 9.81. The summed E-state index contributed by atoms with van der Waals surface area (Å²) in [4.78, 5) is 38.1. The number of likely N-dealkylation sites (tertiary alicyclic amines) is 1.